The summed E-state index contributed by atoms with van der Waals surface area (Å²) in [6, 6.07) is 6.59. The number of nitrogens with one attached hydrogen (secondary N) is 1. The van der Waals surface area contributed by atoms with Crippen molar-refractivity contribution in [2.75, 3.05) is 55.3 Å². The zero-order valence-corrected chi connectivity index (χ0v) is 20.8. The number of piperazine rings is 1. The van der Waals surface area contributed by atoms with Crippen molar-refractivity contribution in [1.82, 2.24) is 15.1 Å². The second kappa shape index (κ2) is 10.2. The Balaban J connectivity index is 1.35. The molecule has 5 rings (SSSR count). The highest BCUT2D eigenvalue weighted by Crippen LogP contribution is 2.37. The summed E-state index contributed by atoms with van der Waals surface area (Å²) in [5, 5.41) is 11.9. The van der Waals surface area contributed by atoms with Gasteiger partial charge in [-0.05, 0) is 43.7 Å². The van der Waals surface area contributed by atoms with Gasteiger partial charge in [-0.3, -0.25) is 4.79 Å². The number of rotatable bonds is 5. The molecule has 3 aromatic rings. The number of alkyl halides is 3. The number of benzene rings is 2. The van der Waals surface area contributed by atoms with Gasteiger partial charge >= 0.3 is 6.18 Å². The number of carbonyl (C=O) groups is 1. The average Bonchev–Trinajstić information content (AvgIpc) is 3.44. The van der Waals surface area contributed by atoms with Crippen molar-refractivity contribution in [2.24, 2.45) is 5.92 Å². The van der Waals surface area contributed by atoms with Gasteiger partial charge in [0.25, 0.3) is 0 Å². The number of nitrogens with two attached hydrogens (primary N) is 1. The first-order valence-corrected chi connectivity index (χ1v) is 12.4. The lowest BCUT2D eigenvalue weighted by Crippen LogP contribution is -2.50. The van der Waals surface area contributed by atoms with Crippen LogP contribution < -0.4 is 16.0 Å². The summed E-state index contributed by atoms with van der Waals surface area (Å²) in [7, 11) is 0. The van der Waals surface area contributed by atoms with Gasteiger partial charge in [-0.25, -0.2) is 4.39 Å². The van der Waals surface area contributed by atoms with Crippen molar-refractivity contribution in [3.63, 3.8) is 0 Å². The molecule has 202 valence electrons. The molecule has 8 nitrogen and oxygen atoms in total. The molecule has 2 aliphatic rings. The Hall–Kier alpha value is -3.67. The lowest BCUT2D eigenvalue weighted by Gasteiger charge is -2.37. The predicted octanol–water partition coefficient (Wildman–Crippen LogP) is 4.23. The number of aromatic nitrogens is 2. The second-order valence-corrected chi connectivity index (χ2v) is 9.67. The summed E-state index contributed by atoms with van der Waals surface area (Å²) in [5.41, 5.74) is 5.85. The van der Waals surface area contributed by atoms with Gasteiger partial charge in [0.1, 0.15) is 5.82 Å². The Morgan fingerprint density at radius 1 is 1.18 bits per heavy atom. The summed E-state index contributed by atoms with van der Waals surface area (Å²) < 4.78 is 60.1. The highest BCUT2D eigenvalue weighted by Gasteiger charge is 2.36. The van der Waals surface area contributed by atoms with Crippen molar-refractivity contribution in [3.05, 3.63) is 53.5 Å². The van der Waals surface area contributed by atoms with Crippen molar-refractivity contribution in [2.45, 2.75) is 25.6 Å². The molecule has 3 N–H and O–H groups in total. The van der Waals surface area contributed by atoms with Crippen LogP contribution >= 0.6 is 0 Å². The van der Waals surface area contributed by atoms with E-state index in [0.717, 1.165) is 12.1 Å². The van der Waals surface area contributed by atoms with E-state index >= 15 is 0 Å². The number of ether oxygens (including phenoxy) is 1. The Kier molecular flexibility index (Phi) is 6.99. The van der Waals surface area contributed by atoms with Gasteiger partial charge in [-0.2, -0.15) is 23.4 Å². The van der Waals surface area contributed by atoms with Crippen LogP contribution in [0.25, 0.3) is 10.9 Å². The minimum absolute atomic E-state index is 0.0616. The number of hydrogen-bond acceptors (Lipinski definition) is 7. The first kappa shape index (κ1) is 26.0. The smallest absolute Gasteiger partial charge is 0.399 e. The largest absolute Gasteiger partial charge is 0.419 e. The Labute approximate surface area is 216 Å². The van der Waals surface area contributed by atoms with Crippen LogP contribution in [0.3, 0.4) is 0 Å². The molecule has 2 aliphatic heterocycles. The van der Waals surface area contributed by atoms with Crippen LogP contribution in [0.1, 0.15) is 30.5 Å². The number of fused-ring (bicyclic) bond motifs is 1. The standard InChI is InChI=1S/C26H28F4N6O2/c1-15(19-10-17(31)11-21(24(19)27)26(28,29)30)33-23-13-32-34-22-3-2-18(12-20(22)23)35-5-7-36(8-6-35)25(37)16-4-9-38-14-16/h2-3,10-13,15-16H,4-9,14,31H2,1H3,(H,33,34)/t15-,16?/m1/s1. The van der Waals surface area contributed by atoms with Crippen LogP contribution in [0.4, 0.5) is 34.6 Å². The molecule has 2 saturated heterocycles. The summed E-state index contributed by atoms with van der Waals surface area (Å²) >= 11 is 0. The van der Waals surface area contributed by atoms with E-state index in [-0.39, 0.29) is 23.1 Å². The van der Waals surface area contributed by atoms with Crippen molar-refractivity contribution >= 4 is 33.9 Å². The first-order valence-electron chi connectivity index (χ1n) is 12.4. The minimum atomic E-state index is -4.87. The Bertz CT molecular complexity index is 1340. The van der Waals surface area contributed by atoms with Crippen LogP contribution in [0, 0.1) is 11.7 Å². The molecule has 12 heteroatoms. The van der Waals surface area contributed by atoms with E-state index in [4.69, 9.17) is 10.5 Å². The molecule has 2 fully saturated rings. The maximum atomic E-state index is 14.8. The molecule has 0 saturated carbocycles. The molecule has 2 aromatic carbocycles. The van der Waals surface area contributed by atoms with E-state index in [2.05, 4.69) is 20.4 Å². The summed E-state index contributed by atoms with van der Waals surface area (Å²) in [5.74, 6) is -1.29. The SMILES string of the molecule is C[C@@H](Nc1cnnc2ccc(N3CCN(C(=O)C4CCOC4)CC3)cc12)c1cc(N)cc(C(F)(F)F)c1F. The van der Waals surface area contributed by atoms with Gasteiger partial charge in [-0.1, -0.05) is 0 Å². The van der Waals surface area contributed by atoms with E-state index in [0.29, 0.717) is 62.0 Å². The lowest BCUT2D eigenvalue weighted by atomic mass is 10.0. The average molecular weight is 533 g/mol. The van der Waals surface area contributed by atoms with E-state index in [1.165, 1.54) is 12.3 Å². The Morgan fingerprint density at radius 2 is 1.95 bits per heavy atom. The molecule has 1 aromatic heterocycles. The van der Waals surface area contributed by atoms with Crippen molar-refractivity contribution < 1.29 is 27.1 Å². The molecule has 0 spiro atoms. The third-order valence-electron chi connectivity index (χ3n) is 7.13. The van der Waals surface area contributed by atoms with Gasteiger partial charge in [0, 0.05) is 55.1 Å². The fourth-order valence-corrected chi connectivity index (χ4v) is 5.03. The van der Waals surface area contributed by atoms with Gasteiger partial charge in [0.2, 0.25) is 5.91 Å². The van der Waals surface area contributed by atoms with Crippen molar-refractivity contribution in [3.8, 4) is 0 Å². The van der Waals surface area contributed by atoms with Crippen molar-refractivity contribution in [1.29, 1.82) is 0 Å². The molecule has 38 heavy (non-hydrogen) atoms. The number of nitrogen functional groups attached to an aromatic ring is 1. The summed E-state index contributed by atoms with van der Waals surface area (Å²) in [6.07, 6.45) is -2.65. The molecule has 1 unspecified atom stereocenters. The lowest BCUT2D eigenvalue weighted by molar-refractivity contribution is -0.140. The zero-order chi connectivity index (χ0) is 27.0. The topological polar surface area (TPSA) is 96.6 Å². The number of carbonyl (C=O) groups excluding carboxylic acids is 1. The molecule has 0 radical (unpaired) electrons. The molecule has 0 aliphatic carbocycles. The highest BCUT2D eigenvalue weighted by atomic mass is 19.4. The van der Waals surface area contributed by atoms with Crippen LogP contribution in [-0.2, 0) is 15.7 Å². The fraction of sp³-hybridized carbons (Fsp3) is 0.423. The van der Waals surface area contributed by atoms with Crippen LogP contribution in [-0.4, -0.2) is 60.4 Å². The molecular formula is C26H28F4N6O2. The van der Waals surface area contributed by atoms with Gasteiger partial charge in [0.05, 0.1) is 41.5 Å². The van der Waals surface area contributed by atoms with Crippen LogP contribution in [0.2, 0.25) is 0 Å². The third-order valence-corrected chi connectivity index (χ3v) is 7.13. The number of amides is 1. The molecule has 0 bridgehead atoms. The van der Waals surface area contributed by atoms with E-state index in [1.807, 2.05) is 23.1 Å². The van der Waals surface area contributed by atoms with Gasteiger partial charge in [-0.15, -0.1) is 0 Å². The number of hydrogen-bond donors (Lipinski definition) is 2. The summed E-state index contributed by atoms with van der Waals surface area (Å²) in [6.45, 7) is 5.16. The zero-order valence-electron chi connectivity index (χ0n) is 20.8. The minimum Gasteiger partial charge on any atom is -0.399 e. The predicted molar refractivity (Wildman–Crippen MR) is 135 cm³/mol. The highest BCUT2D eigenvalue weighted by molar-refractivity contribution is 5.93. The monoisotopic (exact) mass is 532 g/mol. The molecule has 1 amide bonds. The fourth-order valence-electron chi connectivity index (χ4n) is 5.03. The maximum absolute atomic E-state index is 14.8. The number of halogens is 4. The quantitative estimate of drug-likeness (QED) is 0.375. The molecule has 2 atom stereocenters. The van der Waals surface area contributed by atoms with E-state index < -0.39 is 23.6 Å². The van der Waals surface area contributed by atoms with Crippen LogP contribution in [0.5, 0.6) is 0 Å². The number of nitrogens with zero attached hydrogens (tertiary/aromatic N) is 4. The third kappa shape index (κ3) is 5.17. The first-order chi connectivity index (χ1) is 18.1. The van der Waals surface area contributed by atoms with Crippen LogP contribution in [0.15, 0.2) is 36.5 Å². The van der Waals surface area contributed by atoms with Gasteiger partial charge in [0.15, 0.2) is 0 Å². The normalized spacial score (nSPS) is 19.1. The molecular weight excluding hydrogens is 504 g/mol. The summed E-state index contributed by atoms with van der Waals surface area (Å²) in [4.78, 5) is 16.8. The Morgan fingerprint density at radius 3 is 2.63 bits per heavy atom. The second-order valence-electron chi connectivity index (χ2n) is 9.67. The maximum Gasteiger partial charge on any atom is 0.419 e. The van der Waals surface area contributed by atoms with E-state index in [9.17, 15) is 22.4 Å². The van der Waals surface area contributed by atoms with Gasteiger partial charge < -0.3 is 25.6 Å². The molecule has 3 heterocycles. The van der Waals surface area contributed by atoms with E-state index in [1.54, 1.807) is 6.92 Å². The number of anilines is 3.